The number of nitrogens with one attached hydrogen (secondary N) is 1. The third-order valence-corrected chi connectivity index (χ3v) is 6.61. The molecule has 1 aliphatic carbocycles. The van der Waals surface area contributed by atoms with Crippen molar-refractivity contribution in [1.29, 1.82) is 0 Å². The highest BCUT2D eigenvalue weighted by atomic mass is 19.1. The maximum Gasteiger partial charge on any atom is 0.322 e. The van der Waals surface area contributed by atoms with Crippen LogP contribution in [0.2, 0.25) is 0 Å². The Morgan fingerprint density at radius 1 is 1.30 bits per heavy atom. The lowest BCUT2D eigenvalue weighted by atomic mass is 9.65. The summed E-state index contributed by atoms with van der Waals surface area (Å²) in [5.41, 5.74) is 1.40. The zero-order valence-corrected chi connectivity index (χ0v) is 16.5. The molecule has 1 aromatic carbocycles. The van der Waals surface area contributed by atoms with Crippen molar-refractivity contribution in [3.8, 4) is 0 Å². The van der Waals surface area contributed by atoms with Gasteiger partial charge < -0.3 is 15.1 Å². The summed E-state index contributed by atoms with van der Waals surface area (Å²) in [4.78, 5) is 19.4. The fraction of sp³-hybridized carbons (Fsp3) is 0.667. The van der Waals surface area contributed by atoms with E-state index in [-0.39, 0.29) is 23.3 Å². The van der Waals surface area contributed by atoms with Gasteiger partial charge in [-0.1, -0.05) is 12.5 Å². The summed E-state index contributed by atoms with van der Waals surface area (Å²) in [6.07, 6.45) is 5.04. The first-order valence-electron chi connectivity index (χ1n) is 10.2. The van der Waals surface area contributed by atoms with Crippen molar-refractivity contribution >= 4 is 11.7 Å². The van der Waals surface area contributed by atoms with E-state index >= 15 is 0 Å². The minimum absolute atomic E-state index is 0.0580. The minimum Gasteiger partial charge on any atom is -0.335 e. The number of carbonyl (C=O) groups is 1. The number of amides is 2. The van der Waals surface area contributed by atoms with Crippen molar-refractivity contribution in [3.05, 3.63) is 29.6 Å². The maximum absolute atomic E-state index is 14.5. The van der Waals surface area contributed by atoms with E-state index in [0.29, 0.717) is 6.54 Å². The molecule has 2 heterocycles. The summed E-state index contributed by atoms with van der Waals surface area (Å²) in [7, 11) is 4.19. The number of fused-ring (bicyclic) bond motifs is 2. The summed E-state index contributed by atoms with van der Waals surface area (Å²) >= 11 is 0. The fourth-order valence-electron chi connectivity index (χ4n) is 4.82. The van der Waals surface area contributed by atoms with Crippen LogP contribution in [0.4, 0.5) is 14.9 Å². The molecule has 0 radical (unpaired) electrons. The number of likely N-dealkylation sites (tertiary alicyclic amines) is 1. The van der Waals surface area contributed by atoms with Crippen molar-refractivity contribution < 1.29 is 9.18 Å². The van der Waals surface area contributed by atoms with Crippen LogP contribution in [-0.4, -0.2) is 68.7 Å². The monoisotopic (exact) mass is 374 g/mol. The molecule has 1 saturated heterocycles. The van der Waals surface area contributed by atoms with E-state index in [4.69, 9.17) is 0 Å². The average Bonchev–Trinajstić information content (AvgIpc) is 2.98. The van der Waals surface area contributed by atoms with Crippen LogP contribution in [0, 0.1) is 5.82 Å². The molecule has 1 N–H and O–H groups in total. The average molecular weight is 375 g/mol. The molecule has 1 saturated carbocycles. The lowest BCUT2D eigenvalue weighted by Crippen LogP contribution is -2.51. The van der Waals surface area contributed by atoms with E-state index in [1.165, 1.54) is 6.07 Å². The van der Waals surface area contributed by atoms with Crippen LogP contribution >= 0.6 is 0 Å². The molecule has 0 bridgehead atoms. The summed E-state index contributed by atoms with van der Waals surface area (Å²) < 4.78 is 14.5. The second-order valence-electron chi connectivity index (χ2n) is 8.72. The Bertz CT molecular complexity index is 695. The number of likely N-dealkylation sites (N-methyl/N-ethyl adjacent to an activating group) is 1. The minimum atomic E-state index is -0.156. The Morgan fingerprint density at radius 2 is 2.04 bits per heavy atom. The predicted octanol–water partition coefficient (Wildman–Crippen LogP) is 2.80. The van der Waals surface area contributed by atoms with Crippen LogP contribution in [0.3, 0.4) is 0 Å². The van der Waals surface area contributed by atoms with E-state index in [0.717, 1.165) is 69.5 Å². The number of hydrogen-bond donors (Lipinski definition) is 1. The van der Waals surface area contributed by atoms with Crippen LogP contribution in [0.5, 0.6) is 0 Å². The lowest BCUT2D eigenvalue weighted by molar-refractivity contribution is 0.180. The Morgan fingerprint density at radius 3 is 2.67 bits per heavy atom. The Labute approximate surface area is 161 Å². The number of nitrogens with zero attached hydrogens (tertiary/aromatic N) is 3. The zero-order chi connectivity index (χ0) is 19.0. The molecule has 0 atom stereocenters. The van der Waals surface area contributed by atoms with Gasteiger partial charge in [0.25, 0.3) is 0 Å². The molecular formula is C21H31FN4O. The lowest BCUT2D eigenvalue weighted by Gasteiger charge is -2.39. The smallest absolute Gasteiger partial charge is 0.322 e. The van der Waals surface area contributed by atoms with Crippen LogP contribution in [0.25, 0.3) is 0 Å². The number of rotatable bonds is 4. The van der Waals surface area contributed by atoms with Gasteiger partial charge in [0, 0.05) is 49.7 Å². The molecule has 2 aliphatic heterocycles. The number of anilines is 1. The Kier molecular flexibility index (Phi) is 5.12. The fourth-order valence-corrected chi connectivity index (χ4v) is 4.82. The first kappa shape index (κ1) is 18.7. The molecule has 1 spiro atoms. The van der Waals surface area contributed by atoms with Crippen molar-refractivity contribution in [2.24, 2.45) is 0 Å². The Hall–Kier alpha value is -1.66. The van der Waals surface area contributed by atoms with Gasteiger partial charge in [-0.05, 0) is 51.9 Å². The van der Waals surface area contributed by atoms with Crippen molar-refractivity contribution in [3.63, 3.8) is 0 Å². The molecule has 3 aliphatic rings. The van der Waals surface area contributed by atoms with Crippen molar-refractivity contribution in [2.45, 2.75) is 43.6 Å². The van der Waals surface area contributed by atoms with Crippen LogP contribution in [0.15, 0.2) is 18.2 Å². The number of hydrogen-bond acceptors (Lipinski definition) is 3. The molecule has 2 fully saturated rings. The summed E-state index contributed by atoms with van der Waals surface area (Å²) in [5, 5.41) is 3.22. The molecule has 1 aromatic rings. The molecule has 0 unspecified atom stereocenters. The number of piperidine rings is 1. The number of benzene rings is 1. The summed E-state index contributed by atoms with van der Waals surface area (Å²) in [6, 6.07) is 5.30. The number of carbonyl (C=O) groups excluding carboxylic acids is 1. The van der Waals surface area contributed by atoms with E-state index < -0.39 is 0 Å². The predicted molar refractivity (Wildman–Crippen MR) is 106 cm³/mol. The third-order valence-electron chi connectivity index (χ3n) is 6.61. The van der Waals surface area contributed by atoms with Gasteiger partial charge in [0.2, 0.25) is 0 Å². The second-order valence-corrected chi connectivity index (χ2v) is 8.72. The van der Waals surface area contributed by atoms with Crippen molar-refractivity contribution in [1.82, 2.24) is 15.1 Å². The van der Waals surface area contributed by atoms with E-state index in [2.05, 4.69) is 29.2 Å². The van der Waals surface area contributed by atoms with Gasteiger partial charge in [-0.2, -0.15) is 0 Å². The zero-order valence-electron chi connectivity index (χ0n) is 16.5. The van der Waals surface area contributed by atoms with E-state index in [9.17, 15) is 9.18 Å². The molecule has 27 heavy (non-hydrogen) atoms. The summed E-state index contributed by atoms with van der Waals surface area (Å²) in [5.74, 6) is -0.156. The first-order chi connectivity index (χ1) is 13.0. The van der Waals surface area contributed by atoms with Crippen LogP contribution in [-0.2, 0) is 5.41 Å². The normalized spacial score (nSPS) is 22.1. The molecular weight excluding hydrogens is 343 g/mol. The molecule has 4 rings (SSSR count). The van der Waals surface area contributed by atoms with Gasteiger partial charge in [0.1, 0.15) is 5.82 Å². The maximum atomic E-state index is 14.5. The molecule has 148 valence electrons. The van der Waals surface area contributed by atoms with E-state index in [1.807, 2.05) is 6.07 Å². The quantitative estimate of drug-likeness (QED) is 0.881. The topological polar surface area (TPSA) is 38.8 Å². The highest BCUT2D eigenvalue weighted by molar-refractivity contribution is 5.95. The number of halogens is 1. The SMILES string of the molecule is CN(C)CCN1CCC(NC(=O)N2CC3(CCC3)c3c(F)cccc32)CC1. The highest BCUT2D eigenvalue weighted by Crippen LogP contribution is 2.53. The van der Waals surface area contributed by atoms with Gasteiger partial charge in [0.05, 0.1) is 5.69 Å². The second kappa shape index (κ2) is 7.40. The summed E-state index contributed by atoms with van der Waals surface area (Å²) in [6.45, 7) is 4.81. The molecule has 6 heteroatoms. The van der Waals surface area contributed by atoms with Crippen molar-refractivity contribution in [2.75, 3.05) is 51.7 Å². The van der Waals surface area contributed by atoms with Gasteiger partial charge in [0.15, 0.2) is 0 Å². The third kappa shape index (κ3) is 3.57. The first-order valence-corrected chi connectivity index (χ1v) is 10.2. The van der Waals surface area contributed by atoms with Gasteiger partial charge in [-0.25, -0.2) is 9.18 Å². The van der Waals surface area contributed by atoms with Crippen LogP contribution in [0.1, 0.15) is 37.7 Å². The molecule has 2 amide bonds. The van der Waals surface area contributed by atoms with Gasteiger partial charge >= 0.3 is 6.03 Å². The Balaban J connectivity index is 1.37. The van der Waals surface area contributed by atoms with Gasteiger partial charge in [-0.15, -0.1) is 0 Å². The highest BCUT2D eigenvalue weighted by Gasteiger charge is 2.50. The standard InChI is InChI=1S/C21H31FN4O/c1-24(2)13-14-25-11-7-16(8-12-25)23-20(27)26-15-21(9-4-10-21)19-17(22)5-3-6-18(19)26/h3,5-6,16H,4,7-15H2,1-2H3,(H,23,27). The molecule has 0 aromatic heterocycles. The van der Waals surface area contributed by atoms with Crippen LogP contribution < -0.4 is 10.2 Å². The van der Waals surface area contributed by atoms with Gasteiger partial charge in [-0.3, -0.25) is 4.90 Å². The van der Waals surface area contributed by atoms with E-state index in [1.54, 1.807) is 11.0 Å². The molecule has 5 nitrogen and oxygen atoms in total. The number of urea groups is 1. The largest absolute Gasteiger partial charge is 0.335 e.